The van der Waals surface area contributed by atoms with Gasteiger partial charge in [-0.05, 0) is 44.7 Å². The van der Waals surface area contributed by atoms with Gasteiger partial charge in [0.05, 0.1) is 0 Å². The lowest BCUT2D eigenvalue weighted by Gasteiger charge is -2.42. The highest BCUT2D eigenvalue weighted by Crippen LogP contribution is 2.41. The molecule has 2 rings (SSSR count). The molecule has 1 heterocycles. The molecule has 1 aliphatic heterocycles. The van der Waals surface area contributed by atoms with Crippen LogP contribution in [0.25, 0.3) is 0 Å². The normalized spacial score (nSPS) is 28.6. The minimum absolute atomic E-state index is 0.199. The molecule has 2 N–H and O–H groups in total. The minimum atomic E-state index is 0.199. The highest BCUT2D eigenvalue weighted by Gasteiger charge is 2.48. The Labute approximate surface area is 81.5 Å². The summed E-state index contributed by atoms with van der Waals surface area (Å²) in [5, 5.41) is 0. The van der Waals surface area contributed by atoms with Gasteiger partial charge in [-0.3, -0.25) is 4.90 Å². The average molecular weight is 182 g/mol. The molecule has 2 nitrogen and oxygen atoms in total. The van der Waals surface area contributed by atoms with Crippen LogP contribution < -0.4 is 5.73 Å². The van der Waals surface area contributed by atoms with E-state index in [0.29, 0.717) is 6.04 Å². The average Bonchev–Trinajstić information content (AvgIpc) is 2.63. The maximum atomic E-state index is 6.31. The summed E-state index contributed by atoms with van der Waals surface area (Å²) < 4.78 is 0. The van der Waals surface area contributed by atoms with Gasteiger partial charge in [-0.2, -0.15) is 0 Å². The lowest BCUT2D eigenvalue weighted by atomic mass is 9.92. The second kappa shape index (κ2) is 3.25. The fourth-order valence-electron chi connectivity index (χ4n) is 2.32. The molecule has 76 valence electrons. The topological polar surface area (TPSA) is 29.3 Å². The predicted molar refractivity (Wildman–Crippen MR) is 55.6 cm³/mol. The number of nitrogens with two attached hydrogens (primary N) is 1. The second-order valence-electron chi connectivity index (χ2n) is 5.27. The number of rotatable bonds is 4. The van der Waals surface area contributed by atoms with E-state index >= 15 is 0 Å². The van der Waals surface area contributed by atoms with E-state index < -0.39 is 0 Å². The summed E-state index contributed by atoms with van der Waals surface area (Å²) in [6.07, 6.45) is 5.17. The van der Waals surface area contributed by atoms with Gasteiger partial charge in [0.2, 0.25) is 0 Å². The summed E-state index contributed by atoms with van der Waals surface area (Å²) in [5.41, 5.74) is 6.51. The minimum Gasteiger partial charge on any atom is -0.324 e. The van der Waals surface area contributed by atoms with Crippen LogP contribution in [0.5, 0.6) is 0 Å². The first-order valence-corrected chi connectivity index (χ1v) is 5.65. The van der Waals surface area contributed by atoms with Crippen LogP contribution in [0.1, 0.15) is 39.5 Å². The molecule has 1 aliphatic carbocycles. The summed E-state index contributed by atoms with van der Waals surface area (Å²) in [6, 6.07) is 0.682. The van der Waals surface area contributed by atoms with Crippen molar-refractivity contribution in [3.05, 3.63) is 0 Å². The van der Waals surface area contributed by atoms with Gasteiger partial charge >= 0.3 is 0 Å². The van der Waals surface area contributed by atoms with Gasteiger partial charge in [-0.15, -0.1) is 0 Å². The Hall–Kier alpha value is -0.0800. The molecule has 0 aromatic heterocycles. The van der Waals surface area contributed by atoms with Crippen molar-refractivity contribution in [3.8, 4) is 0 Å². The first-order valence-electron chi connectivity index (χ1n) is 5.65. The molecule has 0 radical (unpaired) electrons. The summed E-state index contributed by atoms with van der Waals surface area (Å²) in [7, 11) is 0. The zero-order valence-electron chi connectivity index (χ0n) is 8.92. The van der Waals surface area contributed by atoms with Crippen LogP contribution in [0.2, 0.25) is 0 Å². The van der Waals surface area contributed by atoms with E-state index in [4.69, 9.17) is 5.73 Å². The van der Waals surface area contributed by atoms with E-state index in [-0.39, 0.29) is 5.54 Å². The Kier molecular flexibility index (Phi) is 2.37. The Balaban J connectivity index is 1.94. The molecule has 1 saturated heterocycles. The van der Waals surface area contributed by atoms with Crippen molar-refractivity contribution in [2.24, 2.45) is 11.7 Å². The van der Waals surface area contributed by atoms with Crippen molar-refractivity contribution in [2.45, 2.75) is 51.1 Å². The third-order valence-corrected chi connectivity index (χ3v) is 3.52. The summed E-state index contributed by atoms with van der Waals surface area (Å²) >= 11 is 0. The molecule has 0 bridgehead atoms. The fourth-order valence-corrected chi connectivity index (χ4v) is 2.32. The standard InChI is InChI=1S/C11H22N2/c1-9(2)8-10(11(12)4-5-11)13-6-3-7-13/h9-10H,3-8,12H2,1-2H3. The quantitative estimate of drug-likeness (QED) is 0.715. The van der Waals surface area contributed by atoms with Crippen LogP contribution in [-0.4, -0.2) is 29.6 Å². The summed E-state index contributed by atoms with van der Waals surface area (Å²) in [4.78, 5) is 2.59. The molecule has 13 heavy (non-hydrogen) atoms. The van der Waals surface area contributed by atoms with Gasteiger partial charge in [0.25, 0.3) is 0 Å². The Bertz CT molecular complexity index is 181. The molecule has 1 saturated carbocycles. The van der Waals surface area contributed by atoms with Crippen molar-refractivity contribution in [3.63, 3.8) is 0 Å². The molecular weight excluding hydrogens is 160 g/mol. The van der Waals surface area contributed by atoms with Crippen molar-refractivity contribution in [2.75, 3.05) is 13.1 Å². The SMILES string of the molecule is CC(C)CC(N1CCC1)C1(N)CC1. The van der Waals surface area contributed by atoms with E-state index in [0.717, 1.165) is 5.92 Å². The number of hydrogen-bond acceptors (Lipinski definition) is 2. The van der Waals surface area contributed by atoms with E-state index in [1.807, 2.05) is 0 Å². The monoisotopic (exact) mass is 182 g/mol. The fraction of sp³-hybridized carbons (Fsp3) is 1.00. The van der Waals surface area contributed by atoms with Crippen LogP contribution in [0.15, 0.2) is 0 Å². The smallest absolute Gasteiger partial charge is 0.0313 e. The maximum absolute atomic E-state index is 6.31. The van der Waals surface area contributed by atoms with Gasteiger partial charge < -0.3 is 5.73 Å². The largest absolute Gasteiger partial charge is 0.324 e. The first-order chi connectivity index (χ1) is 6.12. The maximum Gasteiger partial charge on any atom is 0.0313 e. The lowest BCUT2D eigenvalue weighted by molar-refractivity contribution is 0.0788. The van der Waals surface area contributed by atoms with Gasteiger partial charge in [0.1, 0.15) is 0 Å². The van der Waals surface area contributed by atoms with Gasteiger partial charge in [0, 0.05) is 11.6 Å². The highest BCUT2D eigenvalue weighted by molar-refractivity contribution is 5.09. The van der Waals surface area contributed by atoms with Crippen LogP contribution in [0, 0.1) is 5.92 Å². The summed E-state index contributed by atoms with van der Waals surface area (Å²) in [5.74, 6) is 0.784. The zero-order valence-corrected chi connectivity index (χ0v) is 8.92. The van der Waals surface area contributed by atoms with Gasteiger partial charge in [-0.1, -0.05) is 13.8 Å². The molecular formula is C11H22N2. The molecule has 2 aliphatic rings. The molecule has 0 amide bonds. The number of hydrogen-bond donors (Lipinski definition) is 1. The van der Waals surface area contributed by atoms with E-state index in [9.17, 15) is 0 Å². The number of likely N-dealkylation sites (tertiary alicyclic amines) is 1. The van der Waals surface area contributed by atoms with Gasteiger partial charge in [-0.25, -0.2) is 0 Å². The molecule has 2 fully saturated rings. The van der Waals surface area contributed by atoms with Crippen LogP contribution in [0.3, 0.4) is 0 Å². The molecule has 1 atom stereocenters. The zero-order chi connectivity index (χ0) is 9.47. The van der Waals surface area contributed by atoms with Crippen LogP contribution in [-0.2, 0) is 0 Å². The third kappa shape index (κ3) is 1.89. The first kappa shape index (κ1) is 9.47. The number of nitrogens with zero attached hydrogens (tertiary/aromatic N) is 1. The summed E-state index contributed by atoms with van der Waals surface area (Å²) in [6.45, 7) is 7.18. The van der Waals surface area contributed by atoms with Crippen molar-refractivity contribution < 1.29 is 0 Å². The Morgan fingerprint density at radius 3 is 2.23 bits per heavy atom. The predicted octanol–water partition coefficient (Wildman–Crippen LogP) is 1.60. The Morgan fingerprint density at radius 1 is 1.31 bits per heavy atom. The van der Waals surface area contributed by atoms with E-state index in [1.165, 1.54) is 38.8 Å². The third-order valence-electron chi connectivity index (χ3n) is 3.52. The molecule has 0 aromatic carbocycles. The van der Waals surface area contributed by atoms with Crippen molar-refractivity contribution in [1.82, 2.24) is 4.90 Å². The molecule has 0 spiro atoms. The highest BCUT2D eigenvalue weighted by atomic mass is 15.2. The molecule has 0 aromatic rings. The molecule has 2 heteroatoms. The van der Waals surface area contributed by atoms with Crippen molar-refractivity contribution >= 4 is 0 Å². The van der Waals surface area contributed by atoms with E-state index in [1.54, 1.807) is 0 Å². The van der Waals surface area contributed by atoms with Crippen LogP contribution >= 0.6 is 0 Å². The van der Waals surface area contributed by atoms with Crippen molar-refractivity contribution in [1.29, 1.82) is 0 Å². The molecule has 1 unspecified atom stereocenters. The lowest BCUT2D eigenvalue weighted by Crippen LogP contribution is -2.55. The van der Waals surface area contributed by atoms with E-state index in [2.05, 4.69) is 18.7 Å². The van der Waals surface area contributed by atoms with Crippen LogP contribution in [0.4, 0.5) is 0 Å². The van der Waals surface area contributed by atoms with Gasteiger partial charge in [0.15, 0.2) is 0 Å². The Morgan fingerprint density at radius 2 is 1.92 bits per heavy atom. The second-order valence-corrected chi connectivity index (χ2v) is 5.27.